The molecular formula is C10H22O3S2. The van der Waals surface area contributed by atoms with Crippen molar-refractivity contribution in [3.8, 4) is 0 Å². The summed E-state index contributed by atoms with van der Waals surface area (Å²) in [5.74, 6) is 0.391. The maximum atomic E-state index is 11.5. The van der Waals surface area contributed by atoms with Gasteiger partial charge in [0.15, 0.2) is 0 Å². The molecule has 3 nitrogen and oxygen atoms in total. The molecule has 0 rings (SSSR count). The predicted octanol–water partition coefficient (Wildman–Crippen LogP) is 2.45. The Hall–Kier alpha value is 0.260. The van der Waals surface area contributed by atoms with Gasteiger partial charge in [0.05, 0.1) is 16.0 Å². The first-order chi connectivity index (χ1) is 7.04. The number of rotatable bonds is 9. The van der Waals surface area contributed by atoms with Crippen molar-refractivity contribution >= 4 is 19.1 Å². The molecule has 0 bridgehead atoms. The SMILES string of the molecule is CCCCC[S+]([O-])S(=O)(=O)CCCCC. The van der Waals surface area contributed by atoms with Crippen LogP contribution in [0, 0.1) is 0 Å². The zero-order chi connectivity index (χ0) is 11.7. The molecule has 1 unspecified atom stereocenters. The van der Waals surface area contributed by atoms with Crippen LogP contribution in [-0.4, -0.2) is 24.5 Å². The monoisotopic (exact) mass is 254 g/mol. The van der Waals surface area contributed by atoms with Gasteiger partial charge < -0.3 is 4.55 Å². The molecule has 0 aromatic heterocycles. The summed E-state index contributed by atoms with van der Waals surface area (Å²) in [7, 11) is -5.00. The van der Waals surface area contributed by atoms with E-state index in [2.05, 4.69) is 0 Å². The van der Waals surface area contributed by atoms with Crippen molar-refractivity contribution in [2.45, 2.75) is 52.4 Å². The number of hydrogen-bond donors (Lipinski definition) is 0. The van der Waals surface area contributed by atoms with E-state index in [0.29, 0.717) is 12.2 Å². The topological polar surface area (TPSA) is 57.2 Å². The van der Waals surface area contributed by atoms with Crippen LogP contribution in [0.5, 0.6) is 0 Å². The van der Waals surface area contributed by atoms with E-state index in [1.54, 1.807) is 0 Å². The summed E-state index contributed by atoms with van der Waals surface area (Å²) in [6.45, 7) is 4.06. The molecule has 0 fully saturated rings. The minimum absolute atomic E-state index is 0.0829. The van der Waals surface area contributed by atoms with Crippen molar-refractivity contribution in [2.24, 2.45) is 0 Å². The summed E-state index contributed by atoms with van der Waals surface area (Å²) >= 11 is 0. The molecule has 0 N–H and O–H groups in total. The predicted molar refractivity (Wildman–Crippen MR) is 65.8 cm³/mol. The van der Waals surface area contributed by atoms with Crippen LogP contribution < -0.4 is 0 Å². The zero-order valence-corrected chi connectivity index (χ0v) is 11.3. The Morgan fingerprint density at radius 3 is 2.07 bits per heavy atom. The Balaban J connectivity index is 3.86. The third-order valence-corrected chi connectivity index (χ3v) is 6.87. The number of hydrogen-bond acceptors (Lipinski definition) is 3. The molecule has 0 radical (unpaired) electrons. The fraction of sp³-hybridized carbons (Fsp3) is 1.00. The molecule has 0 saturated carbocycles. The van der Waals surface area contributed by atoms with Crippen LogP contribution in [0.3, 0.4) is 0 Å². The fourth-order valence-corrected chi connectivity index (χ4v) is 4.68. The second-order valence-electron chi connectivity index (χ2n) is 3.68. The van der Waals surface area contributed by atoms with Gasteiger partial charge in [-0.25, -0.2) is 0 Å². The lowest BCUT2D eigenvalue weighted by Crippen LogP contribution is -2.22. The molecule has 0 aromatic rings. The van der Waals surface area contributed by atoms with Gasteiger partial charge in [-0.05, 0) is 19.3 Å². The summed E-state index contributed by atoms with van der Waals surface area (Å²) in [5, 5.41) is 0. The Morgan fingerprint density at radius 1 is 1.00 bits per heavy atom. The highest BCUT2D eigenvalue weighted by Gasteiger charge is 2.24. The van der Waals surface area contributed by atoms with E-state index in [4.69, 9.17) is 0 Å². The summed E-state index contributed by atoms with van der Waals surface area (Å²) < 4.78 is 34.5. The molecule has 0 spiro atoms. The van der Waals surface area contributed by atoms with Gasteiger partial charge in [-0.2, -0.15) is 8.42 Å². The Morgan fingerprint density at radius 2 is 1.53 bits per heavy atom. The third kappa shape index (κ3) is 7.19. The lowest BCUT2D eigenvalue weighted by molar-refractivity contribution is 0.577. The van der Waals surface area contributed by atoms with Gasteiger partial charge in [0, 0.05) is 0 Å². The summed E-state index contributed by atoms with van der Waals surface area (Å²) in [6, 6.07) is 0. The lowest BCUT2D eigenvalue weighted by atomic mass is 10.3. The molecule has 0 aliphatic heterocycles. The van der Waals surface area contributed by atoms with E-state index in [-0.39, 0.29) is 5.75 Å². The van der Waals surface area contributed by atoms with E-state index >= 15 is 0 Å². The van der Waals surface area contributed by atoms with Gasteiger partial charge in [-0.3, -0.25) is 0 Å². The molecule has 0 aliphatic carbocycles. The second-order valence-corrected chi connectivity index (χ2v) is 8.86. The minimum atomic E-state index is -3.34. The van der Waals surface area contributed by atoms with Crippen molar-refractivity contribution in [3.63, 3.8) is 0 Å². The summed E-state index contributed by atoms with van der Waals surface area (Å²) in [4.78, 5) is 0. The molecule has 15 heavy (non-hydrogen) atoms. The van der Waals surface area contributed by atoms with Crippen molar-refractivity contribution in [1.29, 1.82) is 0 Å². The molecule has 0 aromatic carbocycles. The molecule has 92 valence electrons. The summed E-state index contributed by atoms with van der Waals surface area (Å²) in [5.41, 5.74) is 0. The van der Waals surface area contributed by atoms with Gasteiger partial charge in [-0.1, -0.05) is 33.1 Å². The van der Waals surface area contributed by atoms with Gasteiger partial charge in [0.2, 0.25) is 0 Å². The van der Waals surface area contributed by atoms with E-state index in [1.165, 1.54) is 0 Å². The average molecular weight is 254 g/mol. The molecule has 0 amide bonds. The van der Waals surface area contributed by atoms with Gasteiger partial charge in [0.25, 0.3) is 0 Å². The first-order valence-electron chi connectivity index (χ1n) is 5.66. The van der Waals surface area contributed by atoms with Crippen LogP contribution in [0.2, 0.25) is 0 Å². The largest absolute Gasteiger partial charge is 0.601 e. The number of unbranched alkanes of at least 4 members (excludes halogenated alkanes) is 4. The van der Waals surface area contributed by atoms with Gasteiger partial charge >= 0.3 is 8.87 Å². The van der Waals surface area contributed by atoms with Crippen LogP contribution >= 0.6 is 0 Å². The van der Waals surface area contributed by atoms with Crippen LogP contribution in [0.15, 0.2) is 0 Å². The van der Waals surface area contributed by atoms with Crippen molar-refractivity contribution < 1.29 is 13.0 Å². The van der Waals surface area contributed by atoms with E-state index in [9.17, 15) is 13.0 Å². The van der Waals surface area contributed by atoms with Crippen LogP contribution in [0.1, 0.15) is 52.4 Å². The maximum absolute atomic E-state index is 11.5. The molecule has 0 heterocycles. The van der Waals surface area contributed by atoms with E-state index < -0.39 is 19.1 Å². The quantitative estimate of drug-likeness (QED) is 0.361. The minimum Gasteiger partial charge on any atom is -0.601 e. The van der Waals surface area contributed by atoms with Crippen LogP contribution in [-0.2, 0) is 19.1 Å². The van der Waals surface area contributed by atoms with E-state index in [1.807, 2.05) is 13.8 Å². The van der Waals surface area contributed by atoms with Crippen molar-refractivity contribution in [2.75, 3.05) is 11.5 Å². The average Bonchev–Trinajstić information content (AvgIpc) is 2.18. The Kier molecular flexibility index (Phi) is 8.56. The molecular weight excluding hydrogens is 232 g/mol. The molecule has 0 aliphatic rings. The second kappa shape index (κ2) is 8.42. The zero-order valence-electron chi connectivity index (χ0n) is 9.70. The van der Waals surface area contributed by atoms with Gasteiger partial charge in [0.1, 0.15) is 5.75 Å². The lowest BCUT2D eigenvalue weighted by Gasteiger charge is -2.10. The molecule has 1 atom stereocenters. The highest BCUT2D eigenvalue weighted by Crippen LogP contribution is 2.11. The van der Waals surface area contributed by atoms with Crippen molar-refractivity contribution in [1.82, 2.24) is 0 Å². The fourth-order valence-electron chi connectivity index (χ4n) is 1.22. The van der Waals surface area contributed by atoms with Crippen LogP contribution in [0.4, 0.5) is 0 Å². The Bertz CT molecular complexity index is 237. The van der Waals surface area contributed by atoms with Crippen LogP contribution in [0.25, 0.3) is 0 Å². The molecule has 0 saturated heterocycles. The Labute approximate surface area is 96.1 Å². The third-order valence-electron chi connectivity index (χ3n) is 2.20. The first kappa shape index (κ1) is 15.3. The first-order valence-corrected chi connectivity index (χ1v) is 9.15. The summed E-state index contributed by atoms with van der Waals surface area (Å²) in [6.07, 6.45) is 5.24. The standard InChI is InChI=1S/C10H22O3S2/c1-3-5-7-9-14(11)15(12,13)10-8-6-4-2/h3-10H2,1-2H3. The van der Waals surface area contributed by atoms with Gasteiger partial charge in [-0.15, -0.1) is 0 Å². The van der Waals surface area contributed by atoms with Crippen molar-refractivity contribution in [3.05, 3.63) is 0 Å². The van der Waals surface area contributed by atoms with E-state index in [0.717, 1.165) is 32.1 Å². The normalized spacial score (nSPS) is 14.1. The maximum Gasteiger partial charge on any atom is 0.313 e. The highest BCUT2D eigenvalue weighted by atomic mass is 33.2. The molecule has 5 heteroatoms. The smallest absolute Gasteiger partial charge is 0.313 e. The highest BCUT2D eigenvalue weighted by molar-refractivity contribution is 8.67.